The molecule has 0 heterocycles. The number of anilines is 1. The van der Waals surface area contributed by atoms with E-state index in [1.807, 2.05) is 19.1 Å². The Hall–Kier alpha value is -1.22. The molecule has 0 fully saturated rings. The van der Waals surface area contributed by atoms with Crippen molar-refractivity contribution >= 4 is 5.69 Å². The Labute approximate surface area is 78.3 Å². The van der Waals surface area contributed by atoms with Crippen molar-refractivity contribution in [2.75, 3.05) is 19.5 Å². The van der Waals surface area contributed by atoms with Crippen LogP contribution >= 0.6 is 0 Å². The van der Waals surface area contributed by atoms with Gasteiger partial charge in [0.15, 0.2) is 0 Å². The summed E-state index contributed by atoms with van der Waals surface area (Å²) >= 11 is 0. The Morgan fingerprint density at radius 2 is 2.15 bits per heavy atom. The molecule has 3 heteroatoms. The van der Waals surface area contributed by atoms with Gasteiger partial charge in [0.05, 0.1) is 12.3 Å². The number of phenolic OH excluding ortho intramolecular Hbond substituents is 1. The molecule has 0 unspecified atom stereocenters. The first kappa shape index (κ1) is 9.86. The van der Waals surface area contributed by atoms with Gasteiger partial charge in [0.1, 0.15) is 5.75 Å². The van der Waals surface area contributed by atoms with Gasteiger partial charge in [0, 0.05) is 19.7 Å². The first-order valence-corrected chi connectivity index (χ1v) is 4.18. The maximum Gasteiger partial charge on any atom is 0.144 e. The number of benzene rings is 1. The molecule has 0 saturated carbocycles. The highest BCUT2D eigenvalue weighted by Gasteiger charge is 2.06. The minimum Gasteiger partial charge on any atom is -0.505 e. The summed E-state index contributed by atoms with van der Waals surface area (Å²) in [5, 5.41) is 12.6. The molecule has 3 nitrogen and oxygen atoms in total. The zero-order valence-corrected chi connectivity index (χ0v) is 8.22. The van der Waals surface area contributed by atoms with Crippen LogP contribution in [0.15, 0.2) is 12.1 Å². The smallest absolute Gasteiger partial charge is 0.144 e. The van der Waals surface area contributed by atoms with E-state index in [2.05, 4.69) is 5.32 Å². The van der Waals surface area contributed by atoms with Gasteiger partial charge >= 0.3 is 0 Å². The Morgan fingerprint density at radius 3 is 2.69 bits per heavy atom. The van der Waals surface area contributed by atoms with Crippen molar-refractivity contribution in [3.05, 3.63) is 23.3 Å². The van der Waals surface area contributed by atoms with E-state index in [1.165, 1.54) is 0 Å². The molecule has 1 aromatic rings. The molecule has 0 aliphatic heterocycles. The summed E-state index contributed by atoms with van der Waals surface area (Å²) < 4.78 is 4.98. The minimum absolute atomic E-state index is 0.273. The third kappa shape index (κ3) is 2.12. The Balaban J connectivity index is 3.11. The van der Waals surface area contributed by atoms with Crippen LogP contribution in [-0.4, -0.2) is 19.3 Å². The van der Waals surface area contributed by atoms with Crippen LogP contribution in [0.3, 0.4) is 0 Å². The molecule has 72 valence electrons. The lowest BCUT2D eigenvalue weighted by Gasteiger charge is -2.10. The average Bonchev–Trinajstić information content (AvgIpc) is 2.11. The van der Waals surface area contributed by atoms with Crippen LogP contribution in [0.5, 0.6) is 5.75 Å². The van der Waals surface area contributed by atoms with Gasteiger partial charge in [-0.3, -0.25) is 0 Å². The molecule has 0 bridgehead atoms. The van der Waals surface area contributed by atoms with Crippen molar-refractivity contribution in [2.45, 2.75) is 13.5 Å². The fourth-order valence-corrected chi connectivity index (χ4v) is 1.31. The number of nitrogens with one attached hydrogen (secondary N) is 1. The van der Waals surface area contributed by atoms with Gasteiger partial charge in [-0.05, 0) is 24.6 Å². The van der Waals surface area contributed by atoms with E-state index in [1.54, 1.807) is 14.2 Å². The SMILES string of the molecule is CNc1cc(C)cc(COC)c1O. The highest BCUT2D eigenvalue weighted by Crippen LogP contribution is 2.29. The van der Waals surface area contributed by atoms with E-state index >= 15 is 0 Å². The predicted octanol–water partition coefficient (Wildman–Crippen LogP) is 1.89. The first-order valence-electron chi connectivity index (χ1n) is 4.18. The first-order chi connectivity index (χ1) is 6.19. The second kappa shape index (κ2) is 4.14. The van der Waals surface area contributed by atoms with Crippen LogP contribution in [0.2, 0.25) is 0 Å². The number of methoxy groups -OCH3 is 1. The van der Waals surface area contributed by atoms with Crippen LogP contribution in [0.25, 0.3) is 0 Å². The third-order valence-electron chi connectivity index (χ3n) is 1.90. The topological polar surface area (TPSA) is 41.5 Å². The van der Waals surface area contributed by atoms with Crippen molar-refractivity contribution in [3.8, 4) is 5.75 Å². The quantitative estimate of drug-likeness (QED) is 0.700. The summed E-state index contributed by atoms with van der Waals surface area (Å²) in [6, 6.07) is 3.81. The summed E-state index contributed by atoms with van der Waals surface area (Å²) in [5.74, 6) is 0.273. The number of hydrogen-bond donors (Lipinski definition) is 2. The molecule has 0 amide bonds. The van der Waals surface area contributed by atoms with Crippen molar-refractivity contribution in [1.29, 1.82) is 0 Å². The van der Waals surface area contributed by atoms with Gasteiger partial charge in [0.2, 0.25) is 0 Å². The van der Waals surface area contributed by atoms with Gasteiger partial charge in [-0.25, -0.2) is 0 Å². The lowest BCUT2D eigenvalue weighted by atomic mass is 10.1. The molecule has 0 aromatic heterocycles. The van der Waals surface area contributed by atoms with E-state index in [0.717, 1.165) is 16.8 Å². The molecule has 0 saturated heterocycles. The lowest BCUT2D eigenvalue weighted by Crippen LogP contribution is -1.95. The van der Waals surface area contributed by atoms with E-state index in [0.29, 0.717) is 6.61 Å². The molecule has 1 aromatic carbocycles. The van der Waals surface area contributed by atoms with E-state index in [4.69, 9.17) is 4.74 Å². The van der Waals surface area contributed by atoms with Crippen molar-refractivity contribution < 1.29 is 9.84 Å². The molecule has 0 atom stereocenters. The number of ether oxygens (including phenoxy) is 1. The van der Waals surface area contributed by atoms with Gasteiger partial charge in [-0.15, -0.1) is 0 Å². The molecular formula is C10H15NO2. The average molecular weight is 181 g/mol. The van der Waals surface area contributed by atoms with E-state index in [-0.39, 0.29) is 5.75 Å². The summed E-state index contributed by atoms with van der Waals surface area (Å²) in [4.78, 5) is 0. The molecule has 0 aliphatic carbocycles. The maximum absolute atomic E-state index is 9.70. The van der Waals surface area contributed by atoms with Crippen LogP contribution in [0, 0.1) is 6.92 Å². The summed E-state index contributed by atoms with van der Waals surface area (Å²) in [6.07, 6.45) is 0. The monoisotopic (exact) mass is 181 g/mol. The Kier molecular flexibility index (Phi) is 3.14. The van der Waals surface area contributed by atoms with Crippen molar-refractivity contribution in [1.82, 2.24) is 0 Å². The Bertz CT molecular complexity index is 297. The van der Waals surface area contributed by atoms with E-state index in [9.17, 15) is 5.11 Å². The van der Waals surface area contributed by atoms with Crippen LogP contribution in [-0.2, 0) is 11.3 Å². The number of phenols is 1. The van der Waals surface area contributed by atoms with Crippen LogP contribution < -0.4 is 5.32 Å². The molecule has 1 rings (SSSR count). The molecule has 13 heavy (non-hydrogen) atoms. The zero-order valence-electron chi connectivity index (χ0n) is 8.22. The number of rotatable bonds is 3. The van der Waals surface area contributed by atoms with Crippen molar-refractivity contribution in [2.24, 2.45) is 0 Å². The largest absolute Gasteiger partial charge is 0.505 e. The fraction of sp³-hybridized carbons (Fsp3) is 0.400. The maximum atomic E-state index is 9.70. The van der Waals surface area contributed by atoms with Gasteiger partial charge in [0.25, 0.3) is 0 Å². The van der Waals surface area contributed by atoms with E-state index < -0.39 is 0 Å². The number of hydrogen-bond acceptors (Lipinski definition) is 3. The number of aryl methyl sites for hydroxylation is 1. The summed E-state index contributed by atoms with van der Waals surface area (Å²) in [5.41, 5.74) is 2.66. The van der Waals surface area contributed by atoms with Gasteiger partial charge in [-0.2, -0.15) is 0 Å². The molecule has 2 N–H and O–H groups in total. The van der Waals surface area contributed by atoms with Crippen LogP contribution in [0.4, 0.5) is 5.69 Å². The fourth-order valence-electron chi connectivity index (χ4n) is 1.31. The van der Waals surface area contributed by atoms with Crippen LogP contribution in [0.1, 0.15) is 11.1 Å². The highest BCUT2D eigenvalue weighted by atomic mass is 16.5. The molecular weight excluding hydrogens is 166 g/mol. The summed E-state index contributed by atoms with van der Waals surface area (Å²) in [6.45, 7) is 2.42. The normalized spacial score (nSPS) is 10.1. The number of aromatic hydroxyl groups is 1. The second-order valence-corrected chi connectivity index (χ2v) is 3.00. The van der Waals surface area contributed by atoms with Crippen molar-refractivity contribution in [3.63, 3.8) is 0 Å². The predicted molar refractivity (Wildman–Crippen MR) is 53.1 cm³/mol. The lowest BCUT2D eigenvalue weighted by molar-refractivity contribution is 0.182. The van der Waals surface area contributed by atoms with Gasteiger partial charge < -0.3 is 15.2 Å². The molecule has 0 aliphatic rings. The molecule has 0 radical (unpaired) electrons. The summed E-state index contributed by atoms with van der Waals surface area (Å²) in [7, 11) is 3.39. The third-order valence-corrected chi connectivity index (χ3v) is 1.90. The zero-order chi connectivity index (χ0) is 9.84. The van der Waals surface area contributed by atoms with Gasteiger partial charge in [-0.1, -0.05) is 0 Å². The standard InChI is InChI=1S/C10H15NO2/c1-7-4-8(6-13-3)10(12)9(5-7)11-2/h4-5,11-12H,6H2,1-3H3. The highest BCUT2D eigenvalue weighted by molar-refractivity contribution is 5.60. The molecule has 0 spiro atoms. The minimum atomic E-state index is 0.273. The second-order valence-electron chi connectivity index (χ2n) is 3.00. The Morgan fingerprint density at radius 1 is 1.46 bits per heavy atom.